The van der Waals surface area contributed by atoms with Gasteiger partial charge in [-0.1, -0.05) is 44.7 Å². The molecule has 1 aromatic carbocycles. The molecule has 0 aliphatic rings. The van der Waals surface area contributed by atoms with Crippen molar-refractivity contribution >= 4 is 5.97 Å². The SMILES string of the molecule is C=C(C)C(=O)OCCc1ccc(C(C)C)cc1. The zero-order valence-corrected chi connectivity index (χ0v) is 10.8. The lowest BCUT2D eigenvalue weighted by Crippen LogP contribution is -2.08. The molecule has 2 heteroatoms. The molecule has 0 aliphatic carbocycles. The molecule has 17 heavy (non-hydrogen) atoms. The Balaban J connectivity index is 2.42. The molecule has 0 heterocycles. The average molecular weight is 232 g/mol. The largest absolute Gasteiger partial charge is 0.462 e. The molecule has 0 amide bonds. The van der Waals surface area contributed by atoms with Crippen LogP contribution in [0, 0.1) is 0 Å². The predicted molar refractivity (Wildman–Crippen MR) is 70.0 cm³/mol. The van der Waals surface area contributed by atoms with Crippen molar-refractivity contribution in [2.45, 2.75) is 33.1 Å². The normalized spacial score (nSPS) is 10.4. The molecule has 0 spiro atoms. The standard InChI is InChI=1S/C15H20O2/c1-11(2)14-7-5-13(6-8-14)9-10-17-15(16)12(3)4/h5-8,11H,3,9-10H2,1-2,4H3. The van der Waals surface area contributed by atoms with Gasteiger partial charge in [0.25, 0.3) is 0 Å². The van der Waals surface area contributed by atoms with Crippen molar-refractivity contribution in [1.82, 2.24) is 0 Å². The number of carbonyl (C=O) groups is 1. The zero-order valence-electron chi connectivity index (χ0n) is 10.8. The Morgan fingerprint density at radius 2 is 1.88 bits per heavy atom. The second kappa shape index (κ2) is 6.24. The van der Waals surface area contributed by atoms with Gasteiger partial charge >= 0.3 is 5.97 Å². The van der Waals surface area contributed by atoms with Gasteiger partial charge in [-0.2, -0.15) is 0 Å². The minimum absolute atomic E-state index is 0.316. The number of hydrogen-bond acceptors (Lipinski definition) is 2. The minimum Gasteiger partial charge on any atom is -0.462 e. The second-order valence-corrected chi connectivity index (χ2v) is 4.56. The van der Waals surface area contributed by atoms with Crippen molar-refractivity contribution in [2.24, 2.45) is 0 Å². The third kappa shape index (κ3) is 4.43. The first kappa shape index (κ1) is 13.5. The van der Waals surface area contributed by atoms with Gasteiger partial charge in [0, 0.05) is 12.0 Å². The van der Waals surface area contributed by atoms with Crippen LogP contribution in [0.3, 0.4) is 0 Å². The highest BCUT2D eigenvalue weighted by molar-refractivity contribution is 5.86. The molecule has 0 fully saturated rings. The zero-order chi connectivity index (χ0) is 12.8. The van der Waals surface area contributed by atoms with E-state index in [4.69, 9.17) is 4.74 Å². The second-order valence-electron chi connectivity index (χ2n) is 4.56. The summed E-state index contributed by atoms with van der Waals surface area (Å²) in [5.41, 5.74) is 2.96. The van der Waals surface area contributed by atoms with E-state index in [0.717, 1.165) is 6.42 Å². The van der Waals surface area contributed by atoms with Crippen LogP contribution < -0.4 is 0 Å². The van der Waals surface area contributed by atoms with E-state index in [9.17, 15) is 4.79 Å². The Morgan fingerprint density at radius 1 is 1.29 bits per heavy atom. The van der Waals surface area contributed by atoms with Crippen LogP contribution in [0.4, 0.5) is 0 Å². The molecular formula is C15H20O2. The Hall–Kier alpha value is -1.57. The summed E-state index contributed by atoms with van der Waals surface area (Å²) < 4.78 is 5.05. The molecule has 0 aromatic heterocycles. The van der Waals surface area contributed by atoms with Crippen LogP contribution in [0.2, 0.25) is 0 Å². The Bertz CT molecular complexity index is 388. The lowest BCUT2D eigenvalue weighted by Gasteiger charge is -2.07. The van der Waals surface area contributed by atoms with Crippen LogP contribution in [-0.2, 0) is 16.0 Å². The summed E-state index contributed by atoms with van der Waals surface area (Å²) in [6, 6.07) is 8.43. The van der Waals surface area contributed by atoms with Gasteiger partial charge in [0.15, 0.2) is 0 Å². The maximum atomic E-state index is 11.2. The Labute approximate surface area is 103 Å². The van der Waals surface area contributed by atoms with Crippen LogP contribution in [0.15, 0.2) is 36.4 Å². The van der Waals surface area contributed by atoms with Gasteiger partial charge < -0.3 is 4.74 Å². The van der Waals surface area contributed by atoms with E-state index in [1.165, 1.54) is 11.1 Å². The number of carbonyl (C=O) groups excluding carboxylic acids is 1. The predicted octanol–water partition coefficient (Wildman–Crippen LogP) is 3.47. The highest BCUT2D eigenvalue weighted by atomic mass is 16.5. The molecule has 0 atom stereocenters. The van der Waals surface area contributed by atoms with E-state index < -0.39 is 0 Å². The number of ether oxygens (including phenoxy) is 1. The van der Waals surface area contributed by atoms with Gasteiger partial charge in [-0.05, 0) is 24.0 Å². The molecule has 1 rings (SSSR count). The topological polar surface area (TPSA) is 26.3 Å². The molecule has 0 radical (unpaired) electrons. The third-order valence-electron chi connectivity index (χ3n) is 2.62. The fourth-order valence-corrected chi connectivity index (χ4v) is 1.45. The summed E-state index contributed by atoms with van der Waals surface area (Å²) in [5.74, 6) is 0.231. The molecular weight excluding hydrogens is 212 g/mol. The van der Waals surface area contributed by atoms with Gasteiger partial charge in [0.05, 0.1) is 6.61 Å². The Morgan fingerprint density at radius 3 is 2.35 bits per heavy atom. The number of benzene rings is 1. The van der Waals surface area contributed by atoms with Crippen molar-refractivity contribution in [2.75, 3.05) is 6.61 Å². The summed E-state index contributed by atoms with van der Waals surface area (Å²) in [6.07, 6.45) is 0.747. The molecule has 1 aromatic rings. The van der Waals surface area contributed by atoms with Crippen molar-refractivity contribution in [3.63, 3.8) is 0 Å². The first-order chi connectivity index (χ1) is 8.00. The lowest BCUT2D eigenvalue weighted by atomic mass is 10.0. The molecule has 92 valence electrons. The van der Waals surface area contributed by atoms with Crippen LogP contribution in [-0.4, -0.2) is 12.6 Å². The first-order valence-corrected chi connectivity index (χ1v) is 5.92. The van der Waals surface area contributed by atoms with Crippen molar-refractivity contribution < 1.29 is 9.53 Å². The van der Waals surface area contributed by atoms with Crippen LogP contribution in [0.5, 0.6) is 0 Å². The highest BCUT2D eigenvalue weighted by Gasteiger charge is 2.03. The van der Waals surface area contributed by atoms with E-state index in [-0.39, 0.29) is 5.97 Å². The monoisotopic (exact) mass is 232 g/mol. The molecule has 0 saturated heterocycles. The van der Waals surface area contributed by atoms with E-state index >= 15 is 0 Å². The molecule has 0 unspecified atom stereocenters. The maximum Gasteiger partial charge on any atom is 0.333 e. The fourth-order valence-electron chi connectivity index (χ4n) is 1.45. The van der Waals surface area contributed by atoms with E-state index in [1.54, 1.807) is 6.92 Å². The Kier molecular flexibility index (Phi) is 4.95. The summed E-state index contributed by atoms with van der Waals surface area (Å²) >= 11 is 0. The van der Waals surface area contributed by atoms with Crippen molar-refractivity contribution in [3.8, 4) is 0 Å². The summed E-state index contributed by atoms with van der Waals surface area (Å²) in [4.78, 5) is 11.2. The van der Waals surface area contributed by atoms with Crippen LogP contribution in [0.25, 0.3) is 0 Å². The average Bonchev–Trinajstić information content (AvgIpc) is 2.29. The maximum absolute atomic E-state index is 11.2. The van der Waals surface area contributed by atoms with Crippen molar-refractivity contribution in [1.29, 1.82) is 0 Å². The van der Waals surface area contributed by atoms with Crippen LogP contribution >= 0.6 is 0 Å². The third-order valence-corrected chi connectivity index (χ3v) is 2.62. The number of esters is 1. The summed E-state index contributed by atoms with van der Waals surface area (Å²) in [7, 11) is 0. The number of rotatable bonds is 5. The number of hydrogen-bond donors (Lipinski definition) is 0. The molecule has 0 saturated carbocycles. The van der Waals surface area contributed by atoms with E-state index in [1.807, 2.05) is 0 Å². The minimum atomic E-state index is -0.316. The van der Waals surface area contributed by atoms with Gasteiger partial charge in [0.1, 0.15) is 0 Å². The summed E-state index contributed by atoms with van der Waals surface area (Å²) in [5, 5.41) is 0. The van der Waals surface area contributed by atoms with Gasteiger partial charge in [-0.3, -0.25) is 0 Å². The van der Waals surface area contributed by atoms with Crippen molar-refractivity contribution in [3.05, 3.63) is 47.5 Å². The van der Waals surface area contributed by atoms with Gasteiger partial charge in [-0.25, -0.2) is 4.79 Å². The quantitative estimate of drug-likeness (QED) is 0.574. The molecule has 0 N–H and O–H groups in total. The molecule has 2 nitrogen and oxygen atoms in total. The molecule has 0 aliphatic heterocycles. The van der Waals surface area contributed by atoms with Gasteiger partial charge in [0.2, 0.25) is 0 Å². The first-order valence-electron chi connectivity index (χ1n) is 5.92. The fraction of sp³-hybridized carbons (Fsp3) is 0.400. The van der Waals surface area contributed by atoms with E-state index in [2.05, 4.69) is 44.7 Å². The smallest absolute Gasteiger partial charge is 0.333 e. The van der Waals surface area contributed by atoms with Gasteiger partial charge in [-0.15, -0.1) is 0 Å². The lowest BCUT2D eigenvalue weighted by molar-refractivity contribution is -0.138. The van der Waals surface area contributed by atoms with Crippen LogP contribution in [0.1, 0.15) is 37.8 Å². The summed E-state index contributed by atoms with van der Waals surface area (Å²) in [6.45, 7) is 9.94. The van der Waals surface area contributed by atoms with E-state index in [0.29, 0.717) is 18.1 Å². The molecule has 0 bridgehead atoms. The highest BCUT2D eigenvalue weighted by Crippen LogP contribution is 2.14.